The van der Waals surface area contributed by atoms with Crippen LogP contribution in [0.1, 0.15) is 29.5 Å². The highest BCUT2D eigenvalue weighted by Gasteiger charge is 2.40. The molecule has 1 aliphatic rings. The number of nitrogen functional groups attached to an aromatic ring is 1. The fourth-order valence-electron chi connectivity index (χ4n) is 2.06. The molecule has 0 amide bonds. The van der Waals surface area contributed by atoms with Crippen molar-refractivity contribution in [2.24, 2.45) is 0 Å². The summed E-state index contributed by atoms with van der Waals surface area (Å²) in [6, 6.07) is 10.6. The van der Waals surface area contributed by atoms with E-state index in [4.69, 9.17) is 5.73 Å². The quantitative estimate of drug-likeness (QED) is 0.838. The number of thiazole rings is 1. The normalized spacial score (nSPS) is 24.0. The van der Waals surface area contributed by atoms with Crippen LogP contribution in [-0.4, -0.2) is 4.98 Å². The Hall–Kier alpha value is -1.35. The van der Waals surface area contributed by atoms with Gasteiger partial charge >= 0.3 is 0 Å². The molecule has 1 saturated carbocycles. The Bertz CT molecular complexity index is 463. The molecule has 1 fully saturated rings. The third kappa shape index (κ3) is 1.63. The lowest BCUT2D eigenvalue weighted by atomic mass is 10.1. The second-order valence-corrected chi connectivity index (χ2v) is 4.86. The van der Waals surface area contributed by atoms with Gasteiger partial charge in [-0.15, -0.1) is 11.3 Å². The highest BCUT2D eigenvalue weighted by molar-refractivity contribution is 7.13. The first-order chi connectivity index (χ1) is 7.34. The van der Waals surface area contributed by atoms with Crippen LogP contribution in [0.5, 0.6) is 0 Å². The van der Waals surface area contributed by atoms with Crippen LogP contribution in [0.3, 0.4) is 0 Å². The predicted octanol–water partition coefficient (Wildman–Crippen LogP) is 3.00. The Balaban J connectivity index is 1.80. The molecule has 1 aromatic carbocycles. The lowest BCUT2D eigenvalue weighted by Crippen LogP contribution is -1.86. The fourth-order valence-corrected chi connectivity index (χ4v) is 2.69. The molecule has 0 unspecified atom stereocenters. The molecule has 2 aromatic rings. The molecule has 0 saturated heterocycles. The van der Waals surface area contributed by atoms with Gasteiger partial charge in [-0.1, -0.05) is 30.3 Å². The van der Waals surface area contributed by atoms with Gasteiger partial charge in [-0.3, -0.25) is 0 Å². The highest BCUT2D eigenvalue weighted by atomic mass is 32.1. The highest BCUT2D eigenvalue weighted by Crippen LogP contribution is 2.54. The van der Waals surface area contributed by atoms with Crippen LogP contribution < -0.4 is 5.73 Å². The van der Waals surface area contributed by atoms with E-state index < -0.39 is 0 Å². The van der Waals surface area contributed by atoms with E-state index in [-0.39, 0.29) is 0 Å². The molecule has 1 aromatic heterocycles. The van der Waals surface area contributed by atoms with E-state index in [0.717, 1.165) is 0 Å². The molecule has 2 N–H and O–H groups in total. The summed E-state index contributed by atoms with van der Waals surface area (Å²) >= 11 is 1.54. The molecule has 15 heavy (non-hydrogen) atoms. The topological polar surface area (TPSA) is 38.9 Å². The summed E-state index contributed by atoms with van der Waals surface area (Å²) < 4.78 is 0. The van der Waals surface area contributed by atoms with Crippen molar-refractivity contribution in [3.05, 3.63) is 47.0 Å². The summed E-state index contributed by atoms with van der Waals surface area (Å²) in [7, 11) is 0. The maximum atomic E-state index is 5.64. The first kappa shape index (κ1) is 8.92. The molecule has 76 valence electrons. The minimum Gasteiger partial charge on any atom is -0.375 e. The summed E-state index contributed by atoms with van der Waals surface area (Å²) in [5.41, 5.74) is 8.23. The first-order valence-corrected chi connectivity index (χ1v) is 5.98. The number of anilines is 1. The number of hydrogen-bond donors (Lipinski definition) is 1. The summed E-state index contributed by atoms with van der Waals surface area (Å²) in [6.07, 6.45) is 1.22. The van der Waals surface area contributed by atoms with E-state index in [0.29, 0.717) is 17.0 Å². The second kappa shape index (κ2) is 3.35. The van der Waals surface area contributed by atoms with E-state index in [2.05, 4.69) is 40.7 Å². The molecular weight excluding hydrogens is 204 g/mol. The maximum Gasteiger partial charge on any atom is 0.180 e. The van der Waals surface area contributed by atoms with Crippen LogP contribution in [0.25, 0.3) is 0 Å². The van der Waals surface area contributed by atoms with Crippen molar-refractivity contribution in [1.82, 2.24) is 4.98 Å². The minimum absolute atomic E-state index is 0.598. The van der Waals surface area contributed by atoms with Crippen molar-refractivity contribution in [2.75, 3.05) is 5.73 Å². The van der Waals surface area contributed by atoms with Crippen molar-refractivity contribution < 1.29 is 0 Å². The lowest BCUT2D eigenvalue weighted by Gasteiger charge is -1.97. The third-order valence-corrected chi connectivity index (χ3v) is 3.63. The van der Waals surface area contributed by atoms with Gasteiger partial charge in [0.1, 0.15) is 0 Å². The molecule has 2 nitrogen and oxygen atoms in total. The number of rotatable bonds is 2. The summed E-state index contributed by atoms with van der Waals surface area (Å²) in [5, 5.41) is 2.77. The lowest BCUT2D eigenvalue weighted by molar-refractivity contribution is 0.985. The van der Waals surface area contributed by atoms with Gasteiger partial charge in [0.15, 0.2) is 5.13 Å². The van der Waals surface area contributed by atoms with Crippen molar-refractivity contribution in [3.63, 3.8) is 0 Å². The number of benzene rings is 1. The molecule has 0 spiro atoms. The largest absolute Gasteiger partial charge is 0.375 e. The van der Waals surface area contributed by atoms with Crippen LogP contribution in [-0.2, 0) is 0 Å². The minimum atomic E-state index is 0.598. The molecule has 1 aliphatic carbocycles. The van der Waals surface area contributed by atoms with Gasteiger partial charge < -0.3 is 5.73 Å². The van der Waals surface area contributed by atoms with E-state index in [1.54, 1.807) is 0 Å². The van der Waals surface area contributed by atoms with E-state index in [9.17, 15) is 0 Å². The van der Waals surface area contributed by atoms with Crippen LogP contribution >= 0.6 is 11.3 Å². The van der Waals surface area contributed by atoms with Gasteiger partial charge in [0.25, 0.3) is 0 Å². The zero-order chi connectivity index (χ0) is 10.3. The number of hydrogen-bond acceptors (Lipinski definition) is 3. The maximum absolute atomic E-state index is 5.64. The zero-order valence-corrected chi connectivity index (χ0v) is 9.08. The number of nitrogens with two attached hydrogens (primary N) is 1. The monoisotopic (exact) mass is 216 g/mol. The van der Waals surface area contributed by atoms with Crippen LogP contribution in [0, 0.1) is 0 Å². The third-order valence-electron chi connectivity index (χ3n) is 2.94. The van der Waals surface area contributed by atoms with Gasteiger partial charge in [-0.25, -0.2) is 4.98 Å². The Morgan fingerprint density at radius 1 is 1.20 bits per heavy atom. The summed E-state index contributed by atoms with van der Waals surface area (Å²) in [6.45, 7) is 0. The van der Waals surface area contributed by atoms with Crippen molar-refractivity contribution >= 4 is 16.5 Å². The van der Waals surface area contributed by atoms with E-state index in [1.807, 2.05) is 0 Å². The molecule has 0 radical (unpaired) electrons. The standard InChI is InChI=1S/C12H12N2S/c13-12-14-11(7-15-12)10-6-9(10)8-4-2-1-3-5-8/h1-5,7,9-10H,6H2,(H2,13,14)/t9-,10+/m0/s1. The molecular formula is C12H12N2S. The SMILES string of the molecule is Nc1nc([C@@H]2C[C@H]2c2ccccc2)cs1. The molecule has 3 rings (SSSR count). The van der Waals surface area contributed by atoms with E-state index in [1.165, 1.54) is 29.0 Å². The van der Waals surface area contributed by atoms with E-state index >= 15 is 0 Å². The van der Waals surface area contributed by atoms with Gasteiger partial charge in [0.2, 0.25) is 0 Å². The van der Waals surface area contributed by atoms with Crippen molar-refractivity contribution in [2.45, 2.75) is 18.3 Å². The molecule has 3 heteroatoms. The second-order valence-electron chi connectivity index (χ2n) is 3.97. The first-order valence-electron chi connectivity index (χ1n) is 5.10. The van der Waals surface area contributed by atoms with Crippen LogP contribution in [0.15, 0.2) is 35.7 Å². The predicted molar refractivity (Wildman–Crippen MR) is 63.1 cm³/mol. The van der Waals surface area contributed by atoms with Gasteiger partial charge in [-0.2, -0.15) is 0 Å². The Kier molecular flexibility index (Phi) is 1.99. The van der Waals surface area contributed by atoms with Gasteiger partial charge in [0.05, 0.1) is 5.69 Å². The average Bonchev–Trinajstić information content (AvgIpc) is 2.96. The van der Waals surface area contributed by atoms with Crippen LogP contribution in [0.2, 0.25) is 0 Å². The van der Waals surface area contributed by atoms with Gasteiger partial charge in [-0.05, 0) is 17.9 Å². The Morgan fingerprint density at radius 2 is 2.00 bits per heavy atom. The smallest absolute Gasteiger partial charge is 0.180 e. The molecule has 0 bridgehead atoms. The zero-order valence-electron chi connectivity index (χ0n) is 8.26. The summed E-state index contributed by atoms with van der Waals surface area (Å²) in [4.78, 5) is 4.34. The van der Waals surface area contributed by atoms with Gasteiger partial charge in [0, 0.05) is 11.3 Å². The molecule has 0 aliphatic heterocycles. The Morgan fingerprint density at radius 3 is 2.67 bits per heavy atom. The molecule has 1 heterocycles. The average molecular weight is 216 g/mol. The fraction of sp³-hybridized carbons (Fsp3) is 0.250. The van der Waals surface area contributed by atoms with Crippen LogP contribution in [0.4, 0.5) is 5.13 Å². The molecule has 2 atom stereocenters. The van der Waals surface area contributed by atoms with Crippen molar-refractivity contribution in [1.29, 1.82) is 0 Å². The number of aromatic nitrogens is 1. The Labute approximate surface area is 92.8 Å². The number of nitrogens with zero attached hydrogens (tertiary/aromatic N) is 1. The summed E-state index contributed by atoms with van der Waals surface area (Å²) in [5.74, 6) is 1.26. The van der Waals surface area contributed by atoms with Crippen molar-refractivity contribution in [3.8, 4) is 0 Å².